The van der Waals surface area contributed by atoms with Gasteiger partial charge in [-0.3, -0.25) is 9.88 Å². The van der Waals surface area contributed by atoms with E-state index >= 15 is 4.39 Å². The Labute approximate surface area is 206 Å². The first-order chi connectivity index (χ1) is 17.6. The van der Waals surface area contributed by atoms with Crippen molar-refractivity contribution in [2.45, 2.75) is 25.0 Å². The third-order valence-electron chi connectivity index (χ3n) is 5.88. The number of cyclic esters (lactones) is 1. The maximum atomic E-state index is 15.0. The predicted octanol–water partition coefficient (Wildman–Crippen LogP) is 2.73. The lowest BCUT2D eigenvalue weighted by Gasteiger charge is -2.14. The van der Waals surface area contributed by atoms with Crippen molar-refractivity contribution in [2.75, 3.05) is 38.4 Å². The normalized spacial score (nSPS) is 19.3. The van der Waals surface area contributed by atoms with E-state index in [0.29, 0.717) is 73.1 Å². The van der Waals surface area contributed by atoms with E-state index in [1.807, 2.05) is 0 Å². The second-order valence-electron chi connectivity index (χ2n) is 8.42. The summed E-state index contributed by atoms with van der Waals surface area (Å²) in [7, 11) is 1.62. The topological polar surface area (TPSA) is 124 Å². The number of nitrogens with one attached hydrogen (secondary N) is 1. The summed E-state index contributed by atoms with van der Waals surface area (Å²) in [5, 5.41) is 14.4. The average molecular weight is 496 g/mol. The fraction of sp³-hybridized carbons (Fsp3) is 0.375. The zero-order valence-corrected chi connectivity index (χ0v) is 19.6. The molecule has 0 saturated carbocycles. The fourth-order valence-corrected chi connectivity index (χ4v) is 4.05. The number of nitrogens with zero attached hydrogens (tertiary/aromatic N) is 5. The number of benzene rings is 1. The standard InChI is InChI=1S/C24H25FN6O5/c1-33-6-7-34-14-19-10-23(29-36-19)22-5-2-15(11-26-22)20-4-3-17(9-21(20)25)31-13-18(35-24(31)32)8-16-12-27-30-28-16/h2-5,9,11-12,18-19H,6-8,10,13-14H2,1H3,(H,27,28,30)/t18-,19-/m0/s1. The minimum Gasteiger partial charge on any atom is -0.444 e. The monoisotopic (exact) mass is 496 g/mol. The number of amides is 1. The summed E-state index contributed by atoms with van der Waals surface area (Å²) in [6, 6.07) is 8.21. The van der Waals surface area contributed by atoms with Crippen molar-refractivity contribution in [2.24, 2.45) is 5.16 Å². The molecular formula is C24H25FN6O5. The van der Waals surface area contributed by atoms with Crippen LogP contribution in [-0.2, 0) is 25.5 Å². The number of carbonyl (C=O) groups is 1. The molecule has 1 saturated heterocycles. The third-order valence-corrected chi connectivity index (χ3v) is 5.88. The van der Waals surface area contributed by atoms with Crippen LogP contribution in [0, 0.1) is 5.82 Å². The van der Waals surface area contributed by atoms with E-state index < -0.39 is 11.9 Å². The number of oxime groups is 1. The average Bonchev–Trinajstić information content (AvgIpc) is 3.64. The molecule has 5 rings (SSSR count). The molecule has 2 atom stereocenters. The summed E-state index contributed by atoms with van der Waals surface area (Å²) in [5.41, 5.74) is 3.46. The van der Waals surface area contributed by atoms with Crippen LogP contribution in [0.15, 0.2) is 47.9 Å². The van der Waals surface area contributed by atoms with E-state index in [2.05, 4.69) is 25.6 Å². The predicted molar refractivity (Wildman–Crippen MR) is 126 cm³/mol. The molecule has 2 aromatic heterocycles. The minimum absolute atomic E-state index is 0.170. The highest BCUT2D eigenvalue weighted by molar-refractivity contribution is 5.99. The van der Waals surface area contributed by atoms with Crippen molar-refractivity contribution < 1.29 is 28.2 Å². The van der Waals surface area contributed by atoms with Crippen LogP contribution in [0.1, 0.15) is 17.8 Å². The summed E-state index contributed by atoms with van der Waals surface area (Å²) in [6.45, 7) is 1.72. The van der Waals surface area contributed by atoms with Crippen LogP contribution >= 0.6 is 0 Å². The van der Waals surface area contributed by atoms with E-state index in [1.165, 1.54) is 11.0 Å². The van der Waals surface area contributed by atoms with Crippen LogP contribution in [0.5, 0.6) is 0 Å². The number of aromatic nitrogens is 4. The van der Waals surface area contributed by atoms with Crippen molar-refractivity contribution in [3.05, 3.63) is 59.9 Å². The Hall–Kier alpha value is -3.90. The molecular weight excluding hydrogens is 471 g/mol. The van der Waals surface area contributed by atoms with Gasteiger partial charge in [-0.2, -0.15) is 15.4 Å². The maximum absolute atomic E-state index is 15.0. The molecule has 1 amide bonds. The van der Waals surface area contributed by atoms with E-state index in [-0.39, 0.29) is 12.2 Å². The zero-order chi connectivity index (χ0) is 24.9. The summed E-state index contributed by atoms with van der Waals surface area (Å²) in [6.07, 6.45) is 3.09. The first kappa shape index (κ1) is 23.8. The smallest absolute Gasteiger partial charge is 0.414 e. The molecule has 0 spiro atoms. The van der Waals surface area contributed by atoms with Crippen molar-refractivity contribution >= 4 is 17.5 Å². The highest BCUT2D eigenvalue weighted by Crippen LogP contribution is 2.29. The number of methoxy groups -OCH3 is 1. The van der Waals surface area contributed by atoms with Gasteiger partial charge in [0, 0.05) is 37.3 Å². The van der Waals surface area contributed by atoms with Crippen molar-refractivity contribution in [3.63, 3.8) is 0 Å². The Balaban J connectivity index is 1.21. The Bertz CT molecular complexity index is 1220. The Morgan fingerprint density at radius 1 is 1.19 bits per heavy atom. The van der Waals surface area contributed by atoms with Crippen molar-refractivity contribution in [1.82, 2.24) is 20.4 Å². The Morgan fingerprint density at radius 3 is 2.86 bits per heavy atom. The van der Waals surface area contributed by atoms with E-state index in [1.54, 1.807) is 43.8 Å². The number of rotatable bonds is 10. The fourth-order valence-electron chi connectivity index (χ4n) is 4.05. The van der Waals surface area contributed by atoms with Gasteiger partial charge in [0.25, 0.3) is 0 Å². The Morgan fingerprint density at radius 2 is 2.11 bits per heavy atom. The molecule has 2 aliphatic heterocycles. The van der Waals surface area contributed by atoms with Gasteiger partial charge < -0.3 is 19.0 Å². The van der Waals surface area contributed by atoms with Gasteiger partial charge in [-0.15, -0.1) is 0 Å². The molecule has 11 nitrogen and oxygen atoms in total. The number of pyridine rings is 1. The SMILES string of the molecule is COCCOC[C@@H]1CC(c2ccc(-c3ccc(N4C[C@H](Cc5cn[nH]n5)OC4=O)cc3F)cn2)=NO1. The van der Waals surface area contributed by atoms with Crippen LogP contribution in [-0.4, -0.2) is 77.9 Å². The molecule has 4 heterocycles. The van der Waals surface area contributed by atoms with Crippen LogP contribution in [0.4, 0.5) is 14.9 Å². The number of ether oxygens (including phenoxy) is 3. The Kier molecular flexibility index (Phi) is 7.14. The molecule has 36 heavy (non-hydrogen) atoms. The van der Waals surface area contributed by atoms with Gasteiger partial charge in [0.2, 0.25) is 0 Å². The van der Waals surface area contributed by atoms with Gasteiger partial charge in [-0.25, -0.2) is 9.18 Å². The van der Waals surface area contributed by atoms with Crippen LogP contribution in [0.2, 0.25) is 0 Å². The molecule has 2 aliphatic rings. The minimum atomic E-state index is -0.524. The van der Waals surface area contributed by atoms with Gasteiger partial charge in [0.1, 0.15) is 17.6 Å². The molecule has 1 fully saturated rings. The molecule has 0 aliphatic carbocycles. The zero-order valence-electron chi connectivity index (χ0n) is 19.6. The number of hydrogen-bond donors (Lipinski definition) is 1. The van der Waals surface area contributed by atoms with Crippen molar-refractivity contribution in [3.8, 4) is 11.1 Å². The van der Waals surface area contributed by atoms with Gasteiger partial charge >= 0.3 is 6.09 Å². The molecule has 1 N–H and O–H groups in total. The second-order valence-corrected chi connectivity index (χ2v) is 8.42. The number of hydrogen-bond acceptors (Lipinski definition) is 9. The van der Waals surface area contributed by atoms with Crippen LogP contribution < -0.4 is 4.90 Å². The largest absolute Gasteiger partial charge is 0.444 e. The summed E-state index contributed by atoms with van der Waals surface area (Å²) in [4.78, 5) is 23.6. The number of anilines is 1. The quantitative estimate of drug-likeness (QED) is 0.425. The molecule has 0 unspecified atom stereocenters. The molecule has 0 radical (unpaired) electrons. The molecule has 1 aromatic carbocycles. The van der Waals surface area contributed by atoms with E-state index in [4.69, 9.17) is 19.0 Å². The highest BCUT2D eigenvalue weighted by Gasteiger charge is 2.33. The van der Waals surface area contributed by atoms with Gasteiger partial charge in [-0.1, -0.05) is 11.2 Å². The molecule has 12 heteroatoms. The third kappa shape index (κ3) is 5.34. The lowest BCUT2D eigenvalue weighted by Crippen LogP contribution is -2.25. The van der Waals surface area contributed by atoms with Crippen molar-refractivity contribution in [1.29, 1.82) is 0 Å². The van der Waals surface area contributed by atoms with Gasteiger partial charge in [-0.05, 0) is 24.3 Å². The number of aromatic amines is 1. The highest BCUT2D eigenvalue weighted by atomic mass is 19.1. The first-order valence-corrected chi connectivity index (χ1v) is 11.5. The molecule has 0 bridgehead atoms. The van der Waals surface area contributed by atoms with Crippen LogP contribution in [0.25, 0.3) is 11.1 Å². The first-order valence-electron chi connectivity index (χ1n) is 11.5. The lowest BCUT2D eigenvalue weighted by atomic mass is 10.0. The number of halogens is 1. The second kappa shape index (κ2) is 10.8. The number of H-pyrrole nitrogens is 1. The molecule has 3 aromatic rings. The summed E-state index contributed by atoms with van der Waals surface area (Å²) < 4.78 is 30.9. The lowest BCUT2D eigenvalue weighted by molar-refractivity contribution is -0.0110. The summed E-state index contributed by atoms with van der Waals surface area (Å²) in [5.74, 6) is -0.468. The van der Waals surface area contributed by atoms with E-state index in [9.17, 15) is 4.79 Å². The van der Waals surface area contributed by atoms with E-state index in [0.717, 1.165) is 0 Å². The van der Waals surface area contributed by atoms with Crippen LogP contribution in [0.3, 0.4) is 0 Å². The molecule has 188 valence electrons. The summed E-state index contributed by atoms with van der Waals surface area (Å²) >= 11 is 0. The van der Waals surface area contributed by atoms with Gasteiger partial charge in [0.15, 0.2) is 6.10 Å². The maximum Gasteiger partial charge on any atom is 0.414 e. The van der Waals surface area contributed by atoms with Gasteiger partial charge in [0.05, 0.1) is 49.6 Å². The number of carbonyl (C=O) groups excluding carboxylic acids is 1.